The number of pyridine rings is 1. The maximum atomic E-state index is 11.8. The second-order valence-electron chi connectivity index (χ2n) is 3.92. The van der Waals surface area contributed by atoms with Crippen LogP contribution in [0.3, 0.4) is 0 Å². The molecule has 0 saturated carbocycles. The lowest BCUT2D eigenvalue weighted by Gasteiger charge is -2.03. The van der Waals surface area contributed by atoms with Gasteiger partial charge in [0.2, 0.25) is 0 Å². The van der Waals surface area contributed by atoms with Gasteiger partial charge in [0.25, 0.3) is 5.91 Å². The van der Waals surface area contributed by atoms with Crippen molar-refractivity contribution in [3.8, 4) is 0 Å². The molecule has 0 aliphatic heterocycles. The van der Waals surface area contributed by atoms with E-state index in [1.165, 1.54) is 12.1 Å². The quantitative estimate of drug-likeness (QED) is 0.896. The average Bonchev–Trinajstić information content (AvgIpc) is 2.86. The summed E-state index contributed by atoms with van der Waals surface area (Å²) in [5.41, 5.74) is 1.65. The van der Waals surface area contributed by atoms with E-state index in [2.05, 4.69) is 10.3 Å². The molecule has 2 rings (SSSR count). The number of hydrogen-bond acceptors (Lipinski definition) is 4. The molecule has 6 heteroatoms. The highest BCUT2D eigenvalue weighted by molar-refractivity contribution is 7.15. The third kappa shape index (κ3) is 3.38. The number of hydrogen-bond donors (Lipinski definition) is 2. The normalized spacial score (nSPS) is 10.2. The number of rotatable bonds is 4. The molecule has 0 radical (unpaired) electrons. The van der Waals surface area contributed by atoms with Gasteiger partial charge >= 0.3 is 5.97 Å². The Balaban J connectivity index is 1.99. The third-order valence-corrected chi connectivity index (χ3v) is 3.49. The van der Waals surface area contributed by atoms with Crippen LogP contribution in [0.15, 0.2) is 30.3 Å². The van der Waals surface area contributed by atoms with Crippen LogP contribution in [0.1, 0.15) is 30.7 Å². The van der Waals surface area contributed by atoms with Crippen LogP contribution in [-0.4, -0.2) is 22.0 Å². The summed E-state index contributed by atoms with van der Waals surface area (Å²) in [7, 11) is 0. The molecule has 2 heterocycles. The molecule has 0 aliphatic carbocycles. The Bertz CT molecular complexity index is 622. The van der Waals surface area contributed by atoms with Crippen LogP contribution < -0.4 is 5.32 Å². The fraction of sp³-hybridized carbons (Fsp3) is 0.154. The van der Waals surface area contributed by atoms with E-state index in [9.17, 15) is 9.59 Å². The van der Waals surface area contributed by atoms with Crippen molar-refractivity contribution in [1.82, 2.24) is 10.3 Å². The van der Waals surface area contributed by atoms with Crippen molar-refractivity contribution in [2.75, 3.05) is 0 Å². The van der Waals surface area contributed by atoms with Gasteiger partial charge in [0.1, 0.15) is 4.88 Å². The lowest BCUT2D eigenvalue weighted by atomic mass is 10.3. The molecule has 0 bridgehead atoms. The van der Waals surface area contributed by atoms with Crippen LogP contribution in [-0.2, 0) is 6.54 Å². The summed E-state index contributed by atoms with van der Waals surface area (Å²) < 4.78 is 0. The average molecular weight is 276 g/mol. The van der Waals surface area contributed by atoms with Crippen molar-refractivity contribution >= 4 is 23.2 Å². The van der Waals surface area contributed by atoms with Gasteiger partial charge in [0.05, 0.1) is 17.1 Å². The molecule has 2 N–H and O–H groups in total. The summed E-state index contributed by atoms with van der Waals surface area (Å²) in [5, 5.41) is 11.5. The molecular weight excluding hydrogens is 264 g/mol. The number of nitrogens with one attached hydrogen (secondary N) is 1. The van der Waals surface area contributed by atoms with Crippen LogP contribution >= 0.6 is 11.3 Å². The molecule has 0 unspecified atom stereocenters. The number of thiophene rings is 1. The zero-order valence-electron chi connectivity index (χ0n) is 10.2. The van der Waals surface area contributed by atoms with Gasteiger partial charge in [-0.15, -0.1) is 11.3 Å². The second kappa shape index (κ2) is 5.62. The molecule has 0 aliphatic rings. The first-order chi connectivity index (χ1) is 9.06. The first-order valence-electron chi connectivity index (χ1n) is 5.60. The Morgan fingerprint density at radius 2 is 2.00 bits per heavy atom. The summed E-state index contributed by atoms with van der Waals surface area (Å²) in [6, 6.07) is 8.51. The van der Waals surface area contributed by atoms with E-state index in [4.69, 9.17) is 5.11 Å². The van der Waals surface area contributed by atoms with Gasteiger partial charge in [0, 0.05) is 5.69 Å². The SMILES string of the molecule is Cc1cccc(CNC(=O)c2ccc(C(=O)O)s2)n1. The Morgan fingerprint density at radius 1 is 1.26 bits per heavy atom. The maximum Gasteiger partial charge on any atom is 0.345 e. The Morgan fingerprint density at radius 3 is 2.63 bits per heavy atom. The summed E-state index contributed by atoms with van der Waals surface area (Å²) in [4.78, 5) is 27.3. The first kappa shape index (κ1) is 13.2. The van der Waals surface area contributed by atoms with Crippen molar-refractivity contribution in [3.63, 3.8) is 0 Å². The zero-order valence-corrected chi connectivity index (χ0v) is 11.0. The molecular formula is C13H12N2O3S. The van der Waals surface area contributed by atoms with Crippen LogP contribution in [0.25, 0.3) is 0 Å². The number of carbonyl (C=O) groups excluding carboxylic acids is 1. The molecule has 0 aromatic carbocycles. The molecule has 0 spiro atoms. The highest BCUT2D eigenvalue weighted by Gasteiger charge is 2.12. The van der Waals surface area contributed by atoms with Crippen molar-refractivity contribution in [2.24, 2.45) is 0 Å². The van der Waals surface area contributed by atoms with Gasteiger partial charge in [-0.1, -0.05) is 6.07 Å². The number of aromatic nitrogens is 1. The number of carboxylic acid groups (broad SMARTS) is 1. The van der Waals surface area contributed by atoms with Crippen molar-refractivity contribution in [3.05, 3.63) is 51.5 Å². The molecule has 98 valence electrons. The van der Waals surface area contributed by atoms with Crippen molar-refractivity contribution < 1.29 is 14.7 Å². The third-order valence-electron chi connectivity index (χ3n) is 2.42. The second-order valence-corrected chi connectivity index (χ2v) is 5.01. The highest BCUT2D eigenvalue weighted by atomic mass is 32.1. The number of aromatic carboxylic acids is 1. The molecule has 0 atom stereocenters. The lowest BCUT2D eigenvalue weighted by Crippen LogP contribution is -2.22. The van der Waals surface area contributed by atoms with Gasteiger partial charge in [-0.3, -0.25) is 9.78 Å². The van der Waals surface area contributed by atoms with Gasteiger partial charge in [-0.05, 0) is 31.2 Å². The minimum absolute atomic E-state index is 0.152. The molecule has 1 amide bonds. The van der Waals surface area contributed by atoms with Crippen LogP contribution in [0.4, 0.5) is 0 Å². The minimum atomic E-state index is -1.02. The molecule has 2 aromatic heterocycles. The topological polar surface area (TPSA) is 79.3 Å². The summed E-state index contributed by atoms with van der Waals surface area (Å²) in [5.74, 6) is -1.31. The Labute approximate surface area is 113 Å². The fourth-order valence-electron chi connectivity index (χ4n) is 1.53. The Kier molecular flexibility index (Phi) is 3.91. The number of amides is 1. The predicted octanol–water partition coefficient (Wildman–Crippen LogP) is 2.08. The monoisotopic (exact) mass is 276 g/mol. The summed E-state index contributed by atoms with van der Waals surface area (Å²) in [6.07, 6.45) is 0. The van der Waals surface area contributed by atoms with Crippen LogP contribution in [0, 0.1) is 6.92 Å². The largest absolute Gasteiger partial charge is 0.477 e. The highest BCUT2D eigenvalue weighted by Crippen LogP contribution is 2.16. The van der Waals surface area contributed by atoms with Crippen molar-refractivity contribution in [2.45, 2.75) is 13.5 Å². The Hall–Kier alpha value is -2.21. The number of aryl methyl sites for hydroxylation is 1. The molecule has 2 aromatic rings. The standard InChI is InChI=1S/C13H12N2O3S/c1-8-3-2-4-9(15-8)7-14-12(16)10-5-6-11(19-10)13(17)18/h2-6H,7H2,1H3,(H,14,16)(H,17,18). The zero-order chi connectivity index (χ0) is 13.8. The molecule has 0 saturated heterocycles. The van der Waals surface area contributed by atoms with Gasteiger partial charge < -0.3 is 10.4 Å². The summed E-state index contributed by atoms with van der Waals surface area (Å²) in [6.45, 7) is 2.20. The minimum Gasteiger partial charge on any atom is -0.477 e. The van der Waals surface area contributed by atoms with E-state index >= 15 is 0 Å². The molecule has 0 fully saturated rings. The van der Waals surface area contributed by atoms with Gasteiger partial charge in [-0.25, -0.2) is 4.79 Å². The van der Waals surface area contributed by atoms with E-state index in [1.807, 2.05) is 25.1 Å². The van der Waals surface area contributed by atoms with E-state index in [0.717, 1.165) is 22.7 Å². The smallest absolute Gasteiger partial charge is 0.345 e. The maximum absolute atomic E-state index is 11.8. The van der Waals surface area contributed by atoms with E-state index in [-0.39, 0.29) is 10.8 Å². The van der Waals surface area contributed by atoms with E-state index in [1.54, 1.807) is 0 Å². The van der Waals surface area contributed by atoms with Gasteiger partial charge in [0.15, 0.2) is 0 Å². The number of carboxylic acids is 1. The first-order valence-corrected chi connectivity index (χ1v) is 6.42. The summed E-state index contributed by atoms with van der Waals surface area (Å²) >= 11 is 0.955. The van der Waals surface area contributed by atoms with Gasteiger partial charge in [-0.2, -0.15) is 0 Å². The predicted molar refractivity (Wildman–Crippen MR) is 71.4 cm³/mol. The van der Waals surface area contributed by atoms with E-state index in [0.29, 0.717) is 11.4 Å². The number of nitrogens with zero attached hydrogens (tertiary/aromatic N) is 1. The fourth-order valence-corrected chi connectivity index (χ4v) is 2.29. The number of carbonyl (C=O) groups is 2. The van der Waals surface area contributed by atoms with Crippen molar-refractivity contribution in [1.29, 1.82) is 0 Å². The molecule has 5 nitrogen and oxygen atoms in total. The van der Waals surface area contributed by atoms with Crippen LogP contribution in [0.2, 0.25) is 0 Å². The lowest BCUT2D eigenvalue weighted by molar-refractivity contribution is 0.0702. The molecule has 19 heavy (non-hydrogen) atoms. The van der Waals surface area contributed by atoms with Crippen LogP contribution in [0.5, 0.6) is 0 Å². The van der Waals surface area contributed by atoms with E-state index < -0.39 is 5.97 Å².